The largest absolute Gasteiger partial charge is 0.322 e. The average Bonchev–Trinajstić information content (AvgIpc) is 3.38. The van der Waals surface area contributed by atoms with Gasteiger partial charge in [-0.15, -0.1) is 5.10 Å². The van der Waals surface area contributed by atoms with Crippen molar-refractivity contribution in [3.8, 4) is 0 Å². The molecule has 0 aliphatic heterocycles. The maximum Gasteiger partial charge on any atom is 0.252 e. The summed E-state index contributed by atoms with van der Waals surface area (Å²) in [6, 6.07) is 28.7. The molecular formula is C30H32N6O. The fraction of sp³-hybridized carbons (Fsp3) is 0.267. The Labute approximate surface area is 216 Å². The first-order valence-corrected chi connectivity index (χ1v) is 12.9. The van der Waals surface area contributed by atoms with E-state index in [2.05, 4.69) is 75.7 Å². The third-order valence-corrected chi connectivity index (χ3v) is 6.86. The molecule has 0 saturated carbocycles. The molecule has 0 amide bonds. The molecule has 2 aromatic heterocycles. The number of H-pyrrole nitrogens is 1. The van der Waals surface area contributed by atoms with Gasteiger partial charge in [0, 0.05) is 24.2 Å². The summed E-state index contributed by atoms with van der Waals surface area (Å²) < 4.78 is 1.87. The Morgan fingerprint density at radius 1 is 0.865 bits per heavy atom. The van der Waals surface area contributed by atoms with Crippen LogP contribution in [0.2, 0.25) is 0 Å². The van der Waals surface area contributed by atoms with Crippen molar-refractivity contribution in [2.75, 3.05) is 0 Å². The van der Waals surface area contributed by atoms with Gasteiger partial charge in [-0.2, -0.15) is 0 Å². The van der Waals surface area contributed by atoms with Crippen molar-refractivity contribution in [2.45, 2.75) is 52.4 Å². The van der Waals surface area contributed by atoms with Crippen molar-refractivity contribution >= 4 is 10.9 Å². The lowest BCUT2D eigenvalue weighted by molar-refractivity contribution is 0.161. The molecule has 0 spiro atoms. The zero-order valence-corrected chi connectivity index (χ0v) is 21.3. The first-order chi connectivity index (χ1) is 18.1. The molecule has 0 saturated heterocycles. The number of fused-ring (bicyclic) bond motifs is 1. The molecule has 0 radical (unpaired) electrons. The van der Waals surface area contributed by atoms with E-state index in [0.717, 1.165) is 40.7 Å². The molecule has 5 aromatic rings. The Balaban J connectivity index is 1.52. The number of hydrogen-bond donors (Lipinski definition) is 1. The van der Waals surface area contributed by atoms with Crippen LogP contribution in [0.5, 0.6) is 0 Å². The second-order valence-corrected chi connectivity index (χ2v) is 9.39. The number of aromatic nitrogens is 5. The van der Waals surface area contributed by atoms with Crippen LogP contribution in [0.15, 0.2) is 89.7 Å². The normalized spacial score (nSPS) is 12.3. The predicted octanol–water partition coefficient (Wildman–Crippen LogP) is 5.28. The van der Waals surface area contributed by atoms with Crippen LogP contribution in [0.3, 0.4) is 0 Å². The van der Waals surface area contributed by atoms with E-state index < -0.39 is 0 Å². The Morgan fingerprint density at radius 3 is 2.30 bits per heavy atom. The quantitative estimate of drug-likeness (QED) is 0.287. The second kappa shape index (κ2) is 11.3. The van der Waals surface area contributed by atoms with Crippen molar-refractivity contribution in [3.05, 3.63) is 123 Å². The number of pyridine rings is 1. The Kier molecular flexibility index (Phi) is 7.51. The first kappa shape index (κ1) is 24.6. The third kappa shape index (κ3) is 5.67. The van der Waals surface area contributed by atoms with E-state index in [0.29, 0.717) is 19.6 Å². The minimum absolute atomic E-state index is 0.0615. The van der Waals surface area contributed by atoms with Gasteiger partial charge in [-0.1, -0.05) is 80.6 Å². The van der Waals surface area contributed by atoms with Crippen LogP contribution < -0.4 is 5.56 Å². The molecule has 0 bridgehead atoms. The Morgan fingerprint density at radius 2 is 1.59 bits per heavy atom. The molecule has 37 heavy (non-hydrogen) atoms. The first-order valence-electron chi connectivity index (χ1n) is 12.9. The van der Waals surface area contributed by atoms with Gasteiger partial charge in [-0.05, 0) is 63.5 Å². The molecule has 7 heteroatoms. The molecule has 0 aliphatic rings. The average molecular weight is 493 g/mol. The van der Waals surface area contributed by atoms with Crippen molar-refractivity contribution < 1.29 is 0 Å². The summed E-state index contributed by atoms with van der Waals surface area (Å²) in [6.45, 7) is 6.02. The van der Waals surface area contributed by atoms with Crippen molar-refractivity contribution in [2.24, 2.45) is 0 Å². The summed E-state index contributed by atoms with van der Waals surface area (Å²) in [4.78, 5) is 18.5. The van der Waals surface area contributed by atoms with Gasteiger partial charge in [0.2, 0.25) is 0 Å². The monoisotopic (exact) mass is 492 g/mol. The van der Waals surface area contributed by atoms with Gasteiger partial charge in [0.05, 0.1) is 12.6 Å². The minimum Gasteiger partial charge on any atom is -0.322 e. The zero-order chi connectivity index (χ0) is 25.6. The lowest BCUT2D eigenvalue weighted by Gasteiger charge is -2.30. The number of hydrogen-bond acceptors (Lipinski definition) is 5. The number of nitrogens with zero attached hydrogens (tertiary/aromatic N) is 5. The highest BCUT2D eigenvalue weighted by atomic mass is 16.1. The SMILES string of the molecule is CCc1ccc2[nH]c(=O)c(CN(Cc3ccccc3)C(CC)c3nnnn3Cc3ccccc3)cc2c1. The minimum atomic E-state index is -0.0732. The highest BCUT2D eigenvalue weighted by Gasteiger charge is 2.26. The maximum atomic E-state index is 13.2. The van der Waals surface area contributed by atoms with Gasteiger partial charge < -0.3 is 4.98 Å². The van der Waals surface area contributed by atoms with E-state index in [4.69, 9.17) is 0 Å². The topological polar surface area (TPSA) is 79.7 Å². The summed E-state index contributed by atoms with van der Waals surface area (Å²) in [5.41, 5.74) is 5.09. The molecule has 3 aromatic carbocycles. The van der Waals surface area contributed by atoms with Gasteiger partial charge in [-0.3, -0.25) is 9.69 Å². The molecule has 1 unspecified atom stereocenters. The number of aromatic amines is 1. The lowest BCUT2D eigenvalue weighted by atomic mass is 10.1. The van der Waals surface area contributed by atoms with Gasteiger partial charge in [0.15, 0.2) is 5.82 Å². The van der Waals surface area contributed by atoms with Crippen LogP contribution >= 0.6 is 0 Å². The third-order valence-electron chi connectivity index (χ3n) is 6.86. The van der Waals surface area contributed by atoms with Gasteiger partial charge >= 0.3 is 0 Å². The van der Waals surface area contributed by atoms with Crippen LogP contribution in [0, 0.1) is 0 Å². The van der Waals surface area contributed by atoms with E-state index in [1.165, 1.54) is 11.1 Å². The number of rotatable bonds is 10. The highest BCUT2D eigenvalue weighted by Crippen LogP contribution is 2.27. The predicted molar refractivity (Wildman–Crippen MR) is 146 cm³/mol. The van der Waals surface area contributed by atoms with Crippen LogP contribution in [0.1, 0.15) is 54.4 Å². The fourth-order valence-electron chi connectivity index (χ4n) is 4.87. The smallest absolute Gasteiger partial charge is 0.252 e. The van der Waals surface area contributed by atoms with Crippen LogP contribution in [0.25, 0.3) is 10.9 Å². The van der Waals surface area contributed by atoms with Crippen LogP contribution in [0.4, 0.5) is 0 Å². The van der Waals surface area contributed by atoms with Crippen molar-refractivity contribution in [1.82, 2.24) is 30.1 Å². The van der Waals surface area contributed by atoms with Gasteiger partial charge in [-0.25, -0.2) is 4.68 Å². The van der Waals surface area contributed by atoms with Gasteiger partial charge in [0.1, 0.15) is 0 Å². The van der Waals surface area contributed by atoms with E-state index in [1.54, 1.807) is 0 Å². The summed E-state index contributed by atoms with van der Waals surface area (Å²) in [7, 11) is 0. The Hall–Kier alpha value is -4.10. The lowest BCUT2D eigenvalue weighted by Crippen LogP contribution is -2.32. The number of benzene rings is 3. The molecule has 0 aliphatic carbocycles. The van der Waals surface area contributed by atoms with Crippen LogP contribution in [-0.4, -0.2) is 30.1 Å². The van der Waals surface area contributed by atoms with E-state index in [9.17, 15) is 4.79 Å². The number of tetrazole rings is 1. The van der Waals surface area contributed by atoms with Crippen molar-refractivity contribution in [1.29, 1.82) is 0 Å². The Bertz CT molecular complexity index is 1510. The molecular weight excluding hydrogens is 460 g/mol. The molecule has 2 heterocycles. The summed E-state index contributed by atoms with van der Waals surface area (Å²) in [5.74, 6) is 0.799. The molecule has 188 valence electrons. The van der Waals surface area contributed by atoms with Crippen LogP contribution in [-0.2, 0) is 26.1 Å². The van der Waals surface area contributed by atoms with Crippen molar-refractivity contribution in [3.63, 3.8) is 0 Å². The van der Waals surface area contributed by atoms with Gasteiger partial charge in [0.25, 0.3) is 5.56 Å². The summed E-state index contributed by atoms with van der Waals surface area (Å²) in [6.07, 6.45) is 1.75. The maximum absolute atomic E-state index is 13.2. The fourth-order valence-corrected chi connectivity index (χ4v) is 4.87. The molecule has 7 nitrogen and oxygen atoms in total. The number of aryl methyl sites for hydroxylation is 1. The standard InChI is InChI=1S/C30H32N6O/c1-3-22-15-16-27-25(17-22)18-26(30(37)31-27)21-35(19-23-11-7-5-8-12-23)28(4-2)29-32-33-34-36(29)20-24-13-9-6-10-14-24/h5-18,28H,3-4,19-21H2,1-2H3,(H,31,37). The molecule has 1 atom stereocenters. The van der Waals surface area contributed by atoms with E-state index in [-0.39, 0.29) is 11.6 Å². The van der Waals surface area contributed by atoms with E-state index >= 15 is 0 Å². The second-order valence-electron chi connectivity index (χ2n) is 9.39. The highest BCUT2D eigenvalue weighted by molar-refractivity contribution is 5.79. The molecule has 0 fully saturated rings. The molecule has 1 N–H and O–H groups in total. The number of nitrogens with one attached hydrogen (secondary N) is 1. The van der Waals surface area contributed by atoms with E-state index in [1.807, 2.05) is 53.2 Å². The molecule has 5 rings (SSSR count). The summed E-state index contributed by atoms with van der Waals surface area (Å²) in [5, 5.41) is 13.9. The summed E-state index contributed by atoms with van der Waals surface area (Å²) >= 11 is 0. The zero-order valence-electron chi connectivity index (χ0n) is 21.3.